The number of alkyl carbamates (subject to hydrolysis) is 1. The molecular formula is C27H46N4O4. The van der Waals surface area contributed by atoms with E-state index in [0.29, 0.717) is 13.1 Å². The summed E-state index contributed by atoms with van der Waals surface area (Å²) in [5.74, 6) is 0. The van der Waals surface area contributed by atoms with Gasteiger partial charge in [-0.2, -0.15) is 0 Å². The Kier molecular flexibility index (Phi) is 7.28. The topological polar surface area (TPSA) is 104 Å². The van der Waals surface area contributed by atoms with Crippen LogP contribution in [0.25, 0.3) is 0 Å². The first kappa shape index (κ1) is 27.3. The molecular weight excluding hydrogens is 444 g/mol. The van der Waals surface area contributed by atoms with Crippen molar-refractivity contribution in [2.45, 2.75) is 111 Å². The molecule has 0 aromatic heterocycles. The minimum Gasteiger partial charge on any atom is -0.444 e. The van der Waals surface area contributed by atoms with E-state index in [4.69, 9.17) is 14.9 Å². The third kappa shape index (κ3) is 6.70. The van der Waals surface area contributed by atoms with Crippen molar-refractivity contribution in [3.05, 3.63) is 11.3 Å². The summed E-state index contributed by atoms with van der Waals surface area (Å²) >= 11 is 0. The molecule has 0 spiro atoms. The summed E-state index contributed by atoms with van der Waals surface area (Å²) in [5.41, 5.74) is 0.556. The molecule has 8 nitrogen and oxygen atoms in total. The van der Waals surface area contributed by atoms with Crippen LogP contribution in [0.2, 0.25) is 0 Å². The normalized spacial score (nSPS) is 28.4. The second-order valence-corrected chi connectivity index (χ2v) is 13.5. The zero-order chi connectivity index (χ0) is 26.3. The summed E-state index contributed by atoms with van der Waals surface area (Å²) in [4.78, 5) is 26.8. The highest BCUT2D eigenvalue weighted by Gasteiger charge is 2.50. The Morgan fingerprint density at radius 3 is 2.00 bits per heavy atom. The molecule has 3 N–H and O–H groups in total. The van der Waals surface area contributed by atoms with E-state index in [1.165, 1.54) is 6.21 Å². The molecule has 3 fully saturated rings. The highest BCUT2D eigenvalue weighted by atomic mass is 16.6. The summed E-state index contributed by atoms with van der Waals surface area (Å²) in [6.45, 7) is 17.3. The maximum atomic E-state index is 12.7. The molecule has 8 heteroatoms. The van der Waals surface area contributed by atoms with Crippen molar-refractivity contribution < 1.29 is 19.1 Å². The van der Waals surface area contributed by atoms with E-state index in [0.717, 1.165) is 56.3 Å². The van der Waals surface area contributed by atoms with Crippen LogP contribution in [0.4, 0.5) is 9.59 Å². The van der Waals surface area contributed by atoms with Gasteiger partial charge in [0.1, 0.15) is 11.2 Å². The van der Waals surface area contributed by atoms with Crippen LogP contribution >= 0.6 is 0 Å². The van der Waals surface area contributed by atoms with E-state index >= 15 is 0 Å². The predicted molar refractivity (Wildman–Crippen MR) is 138 cm³/mol. The largest absolute Gasteiger partial charge is 0.444 e. The number of ether oxygens (including phenoxy) is 2. The lowest BCUT2D eigenvalue weighted by molar-refractivity contribution is 0.00445. The van der Waals surface area contributed by atoms with Gasteiger partial charge in [0.2, 0.25) is 0 Å². The number of rotatable bonds is 5. The second kappa shape index (κ2) is 9.32. The van der Waals surface area contributed by atoms with Gasteiger partial charge in [0, 0.05) is 41.5 Å². The molecule has 0 aromatic rings. The number of nitrogens with one attached hydrogen (secondary N) is 3. The second-order valence-electron chi connectivity index (χ2n) is 13.5. The number of hydrogen-bond acceptors (Lipinski definition) is 6. The number of carbonyl (C=O) groups is 2. The molecule has 1 heterocycles. The van der Waals surface area contributed by atoms with Crippen molar-refractivity contribution in [1.29, 1.82) is 5.41 Å². The van der Waals surface area contributed by atoms with Gasteiger partial charge in [-0.1, -0.05) is 13.8 Å². The summed E-state index contributed by atoms with van der Waals surface area (Å²) in [5, 5.41) is 15.0. The lowest BCUT2D eigenvalue weighted by Crippen LogP contribution is -2.59. The van der Waals surface area contributed by atoms with E-state index in [9.17, 15) is 9.59 Å². The minimum absolute atomic E-state index is 0.151. The fraction of sp³-hybridized carbons (Fsp3) is 0.815. The van der Waals surface area contributed by atoms with Crippen LogP contribution in [0.3, 0.4) is 0 Å². The standard InChI is InChI=1S/C27H46N4O4/c1-23(2,3)34-21(32)30-27-12-9-26(10-13-27,11-14-27)17-29-20-19(15-28)16-31(18-25(20,7)8)22(33)35-24(4,5)6/h15,28-29H,9-14,16-18H2,1-8H3,(H,30,32). The molecule has 2 bridgehead atoms. The molecule has 3 aliphatic carbocycles. The first-order chi connectivity index (χ1) is 16.0. The van der Waals surface area contributed by atoms with Crippen molar-refractivity contribution in [1.82, 2.24) is 15.5 Å². The van der Waals surface area contributed by atoms with Gasteiger partial charge >= 0.3 is 12.2 Å². The first-order valence-electron chi connectivity index (χ1n) is 12.9. The Bertz CT molecular complexity index is 854. The van der Waals surface area contributed by atoms with Gasteiger partial charge in [-0.15, -0.1) is 0 Å². The minimum atomic E-state index is -0.553. The fourth-order valence-corrected chi connectivity index (χ4v) is 5.77. The van der Waals surface area contributed by atoms with E-state index in [1.54, 1.807) is 4.90 Å². The van der Waals surface area contributed by atoms with Gasteiger partial charge < -0.3 is 30.4 Å². The third-order valence-corrected chi connectivity index (χ3v) is 7.58. The van der Waals surface area contributed by atoms with Gasteiger partial charge in [0.25, 0.3) is 0 Å². The van der Waals surface area contributed by atoms with E-state index in [1.807, 2.05) is 41.5 Å². The number of fused-ring (bicyclic) bond motifs is 3. The molecule has 2 amide bonds. The maximum Gasteiger partial charge on any atom is 0.410 e. The van der Waals surface area contributed by atoms with Crippen molar-refractivity contribution in [3.63, 3.8) is 0 Å². The van der Waals surface area contributed by atoms with Crippen LogP contribution in [0.1, 0.15) is 93.9 Å². The SMILES string of the molecule is CC(C)(C)OC(=O)NC12CCC(CNC3=C(C=N)CN(C(=O)OC(C)(C)C)CC3(C)C)(CC1)CC2. The molecule has 0 atom stereocenters. The Balaban J connectivity index is 1.64. The van der Waals surface area contributed by atoms with Crippen LogP contribution in [-0.2, 0) is 9.47 Å². The van der Waals surface area contributed by atoms with Crippen LogP contribution in [0, 0.1) is 16.2 Å². The van der Waals surface area contributed by atoms with Crippen molar-refractivity contribution in [2.75, 3.05) is 19.6 Å². The number of hydrogen-bond donors (Lipinski definition) is 3. The lowest BCUT2D eigenvalue weighted by atomic mass is 9.57. The lowest BCUT2D eigenvalue weighted by Gasteiger charge is -2.54. The van der Waals surface area contributed by atoms with Gasteiger partial charge in [-0.3, -0.25) is 0 Å². The van der Waals surface area contributed by atoms with Crippen LogP contribution in [-0.4, -0.2) is 59.7 Å². The van der Waals surface area contributed by atoms with Crippen LogP contribution in [0.5, 0.6) is 0 Å². The zero-order valence-corrected chi connectivity index (χ0v) is 23.0. The summed E-state index contributed by atoms with van der Waals surface area (Å²) < 4.78 is 11.1. The Hall–Kier alpha value is -2.25. The Morgan fingerprint density at radius 2 is 1.51 bits per heavy atom. The molecule has 3 saturated carbocycles. The van der Waals surface area contributed by atoms with E-state index in [2.05, 4.69) is 24.5 Å². The van der Waals surface area contributed by atoms with Crippen molar-refractivity contribution >= 4 is 18.4 Å². The predicted octanol–water partition coefficient (Wildman–Crippen LogP) is 5.37. The van der Waals surface area contributed by atoms with E-state index in [-0.39, 0.29) is 28.6 Å². The average molecular weight is 491 g/mol. The van der Waals surface area contributed by atoms with Crippen LogP contribution in [0.15, 0.2) is 11.3 Å². The molecule has 0 aromatic carbocycles. The number of carbonyl (C=O) groups excluding carboxylic acids is 2. The number of amides is 2. The first-order valence-corrected chi connectivity index (χ1v) is 12.9. The van der Waals surface area contributed by atoms with Gasteiger partial charge in [-0.05, 0) is 85.5 Å². The molecule has 35 heavy (non-hydrogen) atoms. The quantitative estimate of drug-likeness (QED) is 0.449. The van der Waals surface area contributed by atoms with Crippen molar-refractivity contribution in [3.8, 4) is 0 Å². The van der Waals surface area contributed by atoms with Crippen LogP contribution < -0.4 is 10.6 Å². The number of nitrogens with zero attached hydrogens (tertiary/aromatic N) is 1. The summed E-state index contributed by atoms with van der Waals surface area (Å²) in [7, 11) is 0. The molecule has 0 radical (unpaired) electrons. The molecule has 1 aliphatic heterocycles. The van der Waals surface area contributed by atoms with Gasteiger partial charge in [0.05, 0.1) is 6.54 Å². The maximum absolute atomic E-state index is 12.7. The average Bonchev–Trinajstić information content (AvgIpc) is 2.70. The third-order valence-electron chi connectivity index (χ3n) is 7.58. The highest BCUT2D eigenvalue weighted by molar-refractivity contribution is 5.80. The molecule has 4 aliphatic rings. The monoisotopic (exact) mass is 490 g/mol. The zero-order valence-electron chi connectivity index (χ0n) is 23.0. The van der Waals surface area contributed by atoms with Gasteiger partial charge in [0.15, 0.2) is 0 Å². The molecule has 198 valence electrons. The smallest absolute Gasteiger partial charge is 0.410 e. The van der Waals surface area contributed by atoms with Gasteiger partial charge in [-0.25, -0.2) is 9.59 Å². The van der Waals surface area contributed by atoms with E-state index < -0.39 is 11.2 Å². The molecule has 4 rings (SSSR count). The summed E-state index contributed by atoms with van der Waals surface area (Å²) in [6, 6.07) is 0. The highest BCUT2D eigenvalue weighted by Crippen LogP contribution is 2.52. The van der Waals surface area contributed by atoms with Crippen molar-refractivity contribution in [2.24, 2.45) is 10.8 Å². The fourth-order valence-electron chi connectivity index (χ4n) is 5.77. The molecule has 0 saturated heterocycles. The molecule has 0 unspecified atom stereocenters. The summed E-state index contributed by atoms with van der Waals surface area (Å²) in [6.07, 6.45) is 6.74. The Morgan fingerprint density at radius 1 is 0.971 bits per heavy atom. The Labute approximate surface area is 211 Å².